The van der Waals surface area contributed by atoms with E-state index in [1.54, 1.807) is 42.2 Å². The zero-order valence-corrected chi connectivity index (χ0v) is 21.0. The van der Waals surface area contributed by atoms with E-state index in [2.05, 4.69) is 14.6 Å². The number of amides is 3. The summed E-state index contributed by atoms with van der Waals surface area (Å²) >= 11 is 0. The number of aromatic amines is 1. The van der Waals surface area contributed by atoms with Crippen molar-refractivity contribution in [2.24, 2.45) is 0 Å². The van der Waals surface area contributed by atoms with Crippen molar-refractivity contribution < 1.29 is 28.2 Å². The first-order valence-electron chi connectivity index (χ1n) is 12.4. The predicted octanol–water partition coefficient (Wildman–Crippen LogP) is 4.49. The van der Waals surface area contributed by atoms with Crippen LogP contribution >= 0.6 is 0 Å². The number of ether oxygens (including phenoxy) is 1. The van der Waals surface area contributed by atoms with Gasteiger partial charge >= 0.3 is 12.6 Å². The Hall–Kier alpha value is -3.66. The van der Waals surface area contributed by atoms with Crippen LogP contribution in [0.25, 0.3) is 10.9 Å². The van der Waals surface area contributed by atoms with Crippen LogP contribution in [0.2, 0.25) is 0 Å². The van der Waals surface area contributed by atoms with Gasteiger partial charge in [-0.3, -0.25) is 14.6 Å². The van der Waals surface area contributed by atoms with Gasteiger partial charge in [-0.2, -0.15) is 8.78 Å². The zero-order valence-electron chi connectivity index (χ0n) is 21.0. The Morgan fingerprint density at radius 3 is 2.62 bits per heavy atom. The average Bonchev–Trinajstić information content (AvgIpc) is 3.30. The number of urea groups is 1. The summed E-state index contributed by atoms with van der Waals surface area (Å²) in [5.74, 6) is -0.248. The van der Waals surface area contributed by atoms with Crippen LogP contribution in [0.4, 0.5) is 13.6 Å². The molecule has 3 amide bonds. The number of hydrogen-bond acceptors (Lipinski definition) is 5. The summed E-state index contributed by atoms with van der Waals surface area (Å²) in [4.78, 5) is 36.1. The Bertz CT molecular complexity index is 1360. The number of nitrogens with zero attached hydrogens (tertiary/aromatic N) is 3. The highest BCUT2D eigenvalue weighted by Gasteiger charge is 2.60. The number of phenolic OH excluding ortho intramolecular Hbond substituents is 1. The van der Waals surface area contributed by atoms with Crippen molar-refractivity contribution in [1.82, 2.24) is 19.7 Å². The van der Waals surface area contributed by atoms with Gasteiger partial charge in [-0.25, -0.2) is 4.79 Å². The minimum Gasteiger partial charge on any atom is -0.508 e. The normalized spacial score (nSPS) is 21.3. The number of likely N-dealkylation sites (N-methyl/N-ethyl adjacent to an activating group) is 1. The number of H-pyrrole nitrogens is 1. The van der Waals surface area contributed by atoms with Gasteiger partial charge in [0, 0.05) is 36.1 Å². The summed E-state index contributed by atoms with van der Waals surface area (Å²) in [6.07, 6.45) is 0.210. The summed E-state index contributed by atoms with van der Waals surface area (Å²) in [5, 5.41) is 10.9. The van der Waals surface area contributed by atoms with Crippen LogP contribution in [-0.2, 0) is 11.2 Å². The molecule has 2 aliphatic heterocycles. The van der Waals surface area contributed by atoms with E-state index >= 15 is 0 Å². The molecule has 0 bridgehead atoms. The number of fused-ring (bicyclic) bond motifs is 4. The SMILES string of the molecule is CCN(CC)CCN1C(=O)N2C(c3cccc(O)c3)c3[nH]c4ccc(OC(F)F)cc4c3C[C@@]2(C)C1=O. The number of carbonyl (C=O) groups is 2. The van der Waals surface area contributed by atoms with Crippen LogP contribution in [-0.4, -0.2) is 75.1 Å². The topological polar surface area (TPSA) is 89.1 Å². The summed E-state index contributed by atoms with van der Waals surface area (Å²) < 4.78 is 30.4. The molecule has 0 aliphatic carbocycles. The van der Waals surface area contributed by atoms with Crippen molar-refractivity contribution in [1.29, 1.82) is 0 Å². The third-order valence-corrected chi connectivity index (χ3v) is 7.58. The quantitative estimate of drug-likeness (QED) is 0.435. The molecule has 0 spiro atoms. The number of imide groups is 1. The highest BCUT2D eigenvalue weighted by molar-refractivity contribution is 6.08. The first-order chi connectivity index (χ1) is 17.7. The lowest BCUT2D eigenvalue weighted by Crippen LogP contribution is -2.53. The van der Waals surface area contributed by atoms with Crippen LogP contribution in [0.1, 0.15) is 43.6 Å². The lowest BCUT2D eigenvalue weighted by molar-refractivity contribution is -0.133. The number of phenols is 1. The number of nitrogens with one attached hydrogen (secondary N) is 1. The van der Waals surface area contributed by atoms with Gasteiger partial charge in [0.05, 0.1) is 0 Å². The Labute approximate surface area is 213 Å². The molecule has 1 fully saturated rings. The van der Waals surface area contributed by atoms with E-state index in [0.717, 1.165) is 18.7 Å². The third kappa shape index (κ3) is 4.09. The van der Waals surface area contributed by atoms with Gasteiger partial charge < -0.3 is 19.7 Å². The molecule has 0 radical (unpaired) electrons. The van der Waals surface area contributed by atoms with Crippen LogP contribution in [0.5, 0.6) is 11.5 Å². The van der Waals surface area contributed by atoms with Crippen molar-refractivity contribution in [3.05, 3.63) is 59.3 Å². The van der Waals surface area contributed by atoms with Gasteiger partial charge in [-0.05, 0) is 61.5 Å². The van der Waals surface area contributed by atoms with E-state index in [1.165, 1.54) is 17.0 Å². The molecule has 8 nitrogen and oxygen atoms in total. The van der Waals surface area contributed by atoms with Crippen LogP contribution in [0, 0.1) is 0 Å². The molecule has 1 saturated heterocycles. The maximum atomic E-state index is 13.8. The van der Waals surface area contributed by atoms with Crippen LogP contribution in [0.3, 0.4) is 0 Å². The second-order valence-corrected chi connectivity index (χ2v) is 9.69. The van der Waals surface area contributed by atoms with Crippen molar-refractivity contribution in [3.63, 3.8) is 0 Å². The molecule has 3 aromatic rings. The number of halogens is 2. The van der Waals surface area contributed by atoms with E-state index in [-0.39, 0.29) is 36.4 Å². The van der Waals surface area contributed by atoms with Gasteiger partial charge in [0.2, 0.25) is 0 Å². The van der Waals surface area contributed by atoms with Gasteiger partial charge in [-0.1, -0.05) is 26.0 Å². The first kappa shape index (κ1) is 25.0. The first-order valence-corrected chi connectivity index (χ1v) is 12.4. The smallest absolute Gasteiger partial charge is 0.387 e. The molecule has 2 aliphatic rings. The van der Waals surface area contributed by atoms with Crippen LogP contribution < -0.4 is 4.74 Å². The molecule has 10 heteroatoms. The molecule has 0 saturated carbocycles. The average molecular weight is 513 g/mol. The summed E-state index contributed by atoms with van der Waals surface area (Å²) in [5.41, 5.74) is 1.56. The number of carbonyl (C=O) groups excluding carboxylic acids is 2. The number of hydrogen-bond donors (Lipinski definition) is 2. The molecule has 1 unspecified atom stereocenters. The van der Waals surface area contributed by atoms with Crippen molar-refractivity contribution in [3.8, 4) is 11.5 Å². The summed E-state index contributed by atoms with van der Waals surface area (Å²) in [6.45, 7) is 5.29. The van der Waals surface area contributed by atoms with E-state index in [0.29, 0.717) is 28.7 Å². The Morgan fingerprint density at radius 1 is 1.19 bits per heavy atom. The molecule has 1 aromatic heterocycles. The fraction of sp³-hybridized carbons (Fsp3) is 0.407. The standard InChI is InChI=1S/C27H30F2N4O4/c1-4-31(5-2)11-12-32-24(35)27(3)15-20-19-14-18(37-25(28)29)9-10-21(19)30-22(20)23(33(27)26(32)36)16-7-6-8-17(34)13-16/h6-10,13-14,23,25,30,34H,4-5,11-12,15H2,1-3H3/t23?,27-/m0/s1. The highest BCUT2D eigenvalue weighted by atomic mass is 19.3. The number of rotatable bonds is 8. The molecule has 3 heterocycles. The van der Waals surface area contributed by atoms with E-state index < -0.39 is 18.2 Å². The molecule has 37 heavy (non-hydrogen) atoms. The van der Waals surface area contributed by atoms with Crippen LogP contribution in [0.15, 0.2) is 42.5 Å². The molecular formula is C27H30F2N4O4. The van der Waals surface area contributed by atoms with Gasteiger partial charge in [-0.15, -0.1) is 0 Å². The molecule has 2 N–H and O–H groups in total. The van der Waals surface area contributed by atoms with Crippen molar-refractivity contribution in [2.45, 2.75) is 45.4 Å². The molecule has 2 atom stereocenters. The Kier molecular flexibility index (Phi) is 6.31. The lowest BCUT2D eigenvalue weighted by atomic mass is 9.81. The molecule has 5 rings (SSSR count). The number of aromatic nitrogens is 1. The molecule has 2 aromatic carbocycles. The highest BCUT2D eigenvalue weighted by Crippen LogP contribution is 2.49. The summed E-state index contributed by atoms with van der Waals surface area (Å²) in [7, 11) is 0. The fourth-order valence-corrected chi connectivity index (χ4v) is 5.69. The summed E-state index contributed by atoms with van der Waals surface area (Å²) in [6, 6.07) is 10.2. The van der Waals surface area contributed by atoms with E-state index in [1.807, 2.05) is 13.8 Å². The minimum atomic E-state index is -2.96. The van der Waals surface area contributed by atoms with E-state index in [4.69, 9.17) is 0 Å². The van der Waals surface area contributed by atoms with Gasteiger partial charge in [0.1, 0.15) is 23.1 Å². The van der Waals surface area contributed by atoms with E-state index in [9.17, 15) is 23.5 Å². The Balaban J connectivity index is 1.64. The fourth-order valence-electron chi connectivity index (χ4n) is 5.69. The second-order valence-electron chi connectivity index (χ2n) is 9.69. The zero-order chi connectivity index (χ0) is 26.5. The molecule has 196 valence electrons. The molecular weight excluding hydrogens is 482 g/mol. The minimum absolute atomic E-state index is 0.0143. The van der Waals surface area contributed by atoms with Crippen molar-refractivity contribution >= 4 is 22.8 Å². The number of aromatic hydroxyl groups is 1. The second kappa shape index (κ2) is 9.33. The number of benzene rings is 2. The van der Waals surface area contributed by atoms with Gasteiger partial charge in [0.15, 0.2) is 0 Å². The number of alkyl halides is 2. The Morgan fingerprint density at radius 2 is 1.95 bits per heavy atom. The largest absolute Gasteiger partial charge is 0.508 e. The lowest BCUT2D eigenvalue weighted by Gasteiger charge is -2.42. The monoisotopic (exact) mass is 512 g/mol. The van der Waals surface area contributed by atoms with Gasteiger partial charge in [0.25, 0.3) is 5.91 Å². The third-order valence-electron chi connectivity index (χ3n) is 7.58. The maximum Gasteiger partial charge on any atom is 0.387 e. The predicted molar refractivity (Wildman–Crippen MR) is 134 cm³/mol. The maximum absolute atomic E-state index is 13.8. The van der Waals surface area contributed by atoms with Crippen molar-refractivity contribution in [2.75, 3.05) is 26.2 Å².